The summed E-state index contributed by atoms with van der Waals surface area (Å²) in [5.41, 5.74) is 2.77. The molecular weight excluding hydrogens is 324 g/mol. The van der Waals surface area contributed by atoms with Gasteiger partial charge in [0.15, 0.2) is 0 Å². The molecule has 132 valence electrons. The number of rotatable bonds is 4. The first-order chi connectivity index (χ1) is 12.8. The number of aromatic nitrogens is 3. The molecule has 0 aliphatic heterocycles. The number of hydrogen-bond acceptors (Lipinski definition) is 3. The van der Waals surface area contributed by atoms with Gasteiger partial charge in [-0.2, -0.15) is 5.10 Å². The molecule has 26 heavy (non-hydrogen) atoms. The Labute approximate surface area is 153 Å². The van der Waals surface area contributed by atoms with Crippen molar-refractivity contribution in [1.29, 1.82) is 0 Å². The molecule has 4 rings (SSSR count). The van der Waals surface area contributed by atoms with Crippen molar-refractivity contribution in [1.82, 2.24) is 20.1 Å². The Balaban J connectivity index is 1.43. The summed E-state index contributed by atoms with van der Waals surface area (Å²) in [4.78, 5) is 16.9. The Bertz CT molecular complexity index is 853. The van der Waals surface area contributed by atoms with Gasteiger partial charge in [-0.25, -0.2) is 9.67 Å². The van der Waals surface area contributed by atoms with E-state index in [2.05, 4.69) is 15.4 Å². The monoisotopic (exact) mass is 346 g/mol. The summed E-state index contributed by atoms with van der Waals surface area (Å²) in [5.74, 6) is 0.00802. The van der Waals surface area contributed by atoms with Gasteiger partial charge < -0.3 is 5.32 Å². The number of amides is 1. The van der Waals surface area contributed by atoms with Crippen LogP contribution < -0.4 is 5.32 Å². The number of nitrogens with one attached hydrogen (secondary N) is 1. The van der Waals surface area contributed by atoms with Gasteiger partial charge in [-0.1, -0.05) is 48.5 Å². The lowest BCUT2D eigenvalue weighted by molar-refractivity contribution is 0.0922. The molecule has 1 fully saturated rings. The van der Waals surface area contributed by atoms with Crippen molar-refractivity contribution in [3.05, 3.63) is 72.8 Å². The highest BCUT2D eigenvalue weighted by molar-refractivity contribution is 6.01. The second-order valence-corrected chi connectivity index (χ2v) is 6.77. The molecule has 1 N–H and O–H groups in total. The highest BCUT2D eigenvalue weighted by atomic mass is 16.1. The fourth-order valence-corrected chi connectivity index (χ4v) is 3.70. The molecule has 0 bridgehead atoms. The van der Waals surface area contributed by atoms with Crippen molar-refractivity contribution in [3.8, 4) is 11.1 Å². The van der Waals surface area contributed by atoms with Crippen LogP contribution in [0.5, 0.6) is 0 Å². The van der Waals surface area contributed by atoms with Crippen LogP contribution in [0.1, 0.15) is 42.1 Å². The second kappa shape index (κ2) is 7.52. The quantitative estimate of drug-likeness (QED) is 0.780. The molecule has 0 spiro atoms. The van der Waals surface area contributed by atoms with Gasteiger partial charge in [-0.15, -0.1) is 0 Å². The van der Waals surface area contributed by atoms with E-state index in [-0.39, 0.29) is 11.9 Å². The van der Waals surface area contributed by atoms with Crippen LogP contribution in [0.2, 0.25) is 0 Å². The number of benzene rings is 2. The first-order valence-corrected chi connectivity index (χ1v) is 9.10. The third kappa shape index (κ3) is 3.52. The van der Waals surface area contributed by atoms with Gasteiger partial charge >= 0.3 is 0 Å². The standard InChI is InChI=1S/C21H22N4O/c26-21(20-9-5-4-8-19(20)16-6-2-1-3-7-16)24-17-10-12-18(13-11-17)25-15-22-14-23-25/h1-9,14-15,17-18H,10-13H2,(H,24,26). The van der Waals surface area contributed by atoms with Gasteiger partial charge in [0.25, 0.3) is 5.91 Å². The Morgan fingerprint density at radius 3 is 2.42 bits per heavy atom. The van der Waals surface area contributed by atoms with Crippen LogP contribution in [-0.4, -0.2) is 26.7 Å². The van der Waals surface area contributed by atoms with E-state index in [1.165, 1.54) is 0 Å². The Kier molecular flexibility index (Phi) is 4.78. The summed E-state index contributed by atoms with van der Waals surface area (Å²) in [6, 6.07) is 18.5. The first-order valence-electron chi connectivity index (χ1n) is 9.10. The summed E-state index contributed by atoms with van der Waals surface area (Å²) < 4.78 is 1.93. The molecule has 1 aromatic heterocycles. The Morgan fingerprint density at radius 2 is 1.69 bits per heavy atom. The molecule has 1 aliphatic rings. The maximum Gasteiger partial charge on any atom is 0.252 e. The molecule has 0 unspecified atom stereocenters. The van der Waals surface area contributed by atoms with E-state index < -0.39 is 0 Å². The number of nitrogens with zero attached hydrogens (tertiary/aromatic N) is 3. The van der Waals surface area contributed by atoms with E-state index in [0.29, 0.717) is 6.04 Å². The van der Waals surface area contributed by atoms with E-state index >= 15 is 0 Å². The van der Waals surface area contributed by atoms with Crippen LogP contribution in [0.4, 0.5) is 0 Å². The van der Waals surface area contributed by atoms with Gasteiger partial charge in [-0.3, -0.25) is 4.79 Å². The summed E-state index contributed by atoms with van der Waals surface area (Å²) in [6.45, 7) is 0. The van der Waals surface area contributed by atoms with Crippen molar-refractivity contribution < 1.29 is 4.79 Å². The van der Waals surface area contributed by atoms with Gasteiger partial charge in [0.2, 0.25) is 0 Å². The lowest BCUT2D eigenvalue weighted by Gasteiger charge is -2.29. The fourth-order valence-electron chi connectivity index (χ4n) is 3.70. The van der Waals surface area contributed by atoms with Crippen LogP contribution in [0.15, 0.2) is 67.3 Å². The minimum Gasteiger partial charge on any atom is -0.349 e. The number of carbonyl (C=O) groups excluding carboxylic acids is 1. The molecule has 2 aromatic carbocycles. The largest absolute Gasteiger partial charge is 0.349 e. The van der Waals surface area contributed by atoms with E-state index in [1.807, 2.05) is 59.3 Å². The minimum atomic E-state index is 0.00802. The maximum atomic E-state index is 12.9. The summed E-state index contributed by atoms with van der Waals surface area (Å²) >= 11 is 0. The highest BCUT2D eigenvalue weighted by Crippen LogP contribution is 2.28. The SMILES string of the molecule is O=C(NC1CCC(n2cncn2)CC1)c1ccccc1-c1ccccc1. The molecule has 1 saturated carbocycles. The van der Waals surface area contributed by atoms with Crippen LogP contribution in [0.25, 0.3) is 11.1 Å². The highest BCUT2D eigenvalue weighted by Gasteiger charge is 2.24. The van der Waals surface area contributed by atoms with E-state index in [1.54, 1.807) is 12.7 Å². The van der Waals surface area contributed by atoms with Crippen molar-refractivity contribution in [2.45, 2.75) is 37.8 Å². The zero-order valence-electron chi connectivity index (χ0n) is 14.6. The van der Waals surface area contributed by atoms with E-state index in [9.17, 15) is 4.79 Å². The summed E-state index contributed by atoms with van der Waals surface area (Å²) in [5, 5.41) is 7.46. The summed E-state index contributed by atoms with van der Waals surface area (Å²) in [7, 11) is 0. The first kappa shape index (κ1) is 16.5. The van der Waals surface area contributed by atoms with Crippen molar-refractivity contribution >= 4 is 5.91 Å². The summed E-state index contributed by atoms with van der Waals surface area (Å²) in [6.07, 6.45) is 7.30. The molecule has 0 atom stereocenters. The molecule has 0 radical (unpaired) electrons. The third-order valence-electron chi connectivity index (χ3n) is 5.10. The molecule has 3 aromatic rings. The smallest absolute Gasteiger partial charge is 0.252 e. The van der Waals surface area contributed by atoms with E-state index in [4.69, 9.17) is 0 Å². The average molecular weight is 346 g/mol. The molecule has 1 aliphatic carbocycles. The van der Waals surface area contributed by atoms with Gasteiger partial charge in [0.1, 0.15) is 12.7 Å². The molecule has 1 heterocycles. The zero-order valence-corrected chi connectivity index (χ0v) is 14.6. The van der Waals surface area contributed by atoms with Crippen molar-refractivity contribution in [3.63, 3.8) is 0 Å². The molecule has 5 heteroatoms. The van der Waals surface area contributed by atoms with E-state index in [0.717, 1.165) is 42.4 Å². The molecule has 0 saturated heterocycles. The maximum absolute atomic E-state index is 12.9. The topological polar surface area (TPSA) is 59.8 Å². The number of carbonyl (C=O) groups is 1. The molecule has 1 amide bonds. The van der Waals surface area contributed by atoms with Gasteiger partial charge in [0, 0.05) is 11.6 Å². The van der Waals surface area contributed by atoms with Crippen LogP contribution >= 0.6 is 0 Å². The average Bonchev–Trinajstić information content (AvgIpc) is 3.24. The van der Waals surface area contributed by atoms with Crippen molar-refractivity contribution in [2.75, 3.05) is 0 Å². The normalized spacial score (nSPS) is 19.8. The third-order valence-corrected chi connectivity index (χ3v) is 5.10. The molecule has 5 nitrogen and oxygen atoms in total. The lowest BCUT2D eigenvalue weighted by atomic mass is 9.90. The zero-order chi connectivity index (χ0) is 17.8. The predicted octanol–water partition coefficient (Wildman–Crippen LogP) is 3.86. The minimum absolute atomic E-state index is 0.00802. The molecular formula is C21H22N4O. The van der Waals surface area contributed by atoms with Crippen LogP contribution in [0.3, 0.4) is 0 Å². The fraction of sp³-hybridized carbons (Fsp3) is 0.286. The second-order valence-electron chi connectivity index (χ2n) is 6.77. The van der Waals surface area contributed by atoms with Crippen LogP contribution in [0, 0.1) is 0 Å². The number of hydrogen-bond donors (Lipinski definition) is 1. The lowest BCUT2D eigenvalue weighted by Crippen LogP contribution is -2.38. The van der Waals surface area contributed by atoms with Crippen LogP contribution in [-0.2, 0) is 0 Å². The van der Waals surface area contributed by atoms with Crippen molar-refractivity contribution in [2.24, 2.45) is 0 Å². The Morgan fingerprint density at radius 1 is 0.962 bits per heavy atom. The van der Waals surface area contributed by atoms with Gasteiger partial charge in [0.05, 0.1) is 6.04 Å². The van der Waals surface area contributed by atoms with Gasteiger partial charge in [-0.05, 0) is 42.9 Å². The predicted molar refractivity (Wildman–Crippen MR) is 101 cm³/mol. The Hall–Kier alpha value is -2.95.